The van der Waals surface area contributed by atoms with Crippen molar-refractivity contribution >= 4 is 24.8 Å². The minimum atomic E-state index is -0.211. The molecule has 0 N–H and O–H groups in total. The molecule has 6 rings (SSSR count). The average molecular weight is 754 g/mol. The van der Waals surface area contributed by atoms with Crippen molar-refractivity contribution in [2.24, 2.45) is 11.8 Å². The maximum Gasteiger partial charge on any atom is 0.114 e. The number of rotatable bonds is 8. The van der Waals surface area contributed by atoms with Gasteiger partial charge in [-0.3, -0.25) is 6.08 Å². The summed E-state index contributed by atoms with van der Waals surface area (Å²) in [5.41, 5.74) is 0. The van der Waals surface area contributed by atoms with E-state index in [0.717, 1.165) is 18.3 Å². The Bertz CT molecular complexity index is 1610. The molecule has 0 unspecified atom stereocenters. The Kier molecular flexibility index (Phi) is 19.5. The summed E-state index contributed by atoms with van der Waals surface area (Å²) >= 11 is 1.65. The maximum atomic E-state index is 11.2. The first-order chi connectivity index (χ1) is 24.1. The number of methoxy groups -OCH3 is 4. The van der Waals surface area contributed by atoms with Gasteiger partial charge in [0.2, 0.25) is 0 Å². The predicted octanol–water partition coefficient (Wildman–Crippen LogP) is 9.37. The summed E-state index contributed by atoms with van der Waals surface area (Å²) in [4.78, 5) is 0. The van der Waals surface area contributed by atoms with Crippen LogP contribution in [0.25, 0.3) is 21.5 Å². The zero-order valence-electron chi connectivity index (χ0n) is 30.6. The van der Waals surface area contributed by atoms with Crippen molar-refractivity contribution in [3.63, 3.8) is 0 Å². The summed E-state index contributed by atoms with van der Waals surface area (Å²) in [7, 11) is 5.82. The summed E-state index contributed by atoms with van der Waals surface area (Å²) < 4.78 is 20.9. The van der Waals surface area contributed by atoms with Gasteiger partial charge in [0.25, 0.3) is 0 Å². The summed E-state index contributed by atoms with van der Waals surface area (Å²) in [5.74, 6) is 2.53. The average Bonchev–Trinajstić information content (AvgIpc) is 3.81. The molecule has 0 amide bonds. The van der Waals surface area contributed by atoms with Crippen LogP contribution in [0.4, 0.5) is 0 Å². The second kappa shape index (κ2) is 23.2. The van der Waals surface area contributed by atoms with Crippen LogP contribution in [0.5, 0.6) is 34.5 Å². The molecule has 0 spiro atoms. The molecule has 0 saturated carbocycles. The molecule has 50 heavy (non-hydrogen) atoms. The standard InChI is InChI=1S/C13H9.C9H18.2C8H10O3.C5H5.Zr/c1-3-7-12-10(5-1)9-11-6-2-4-8-13(11)12;1-8(2)6-5-7-9(3)4;2*1-10-6-4-3-5-7(11-2)8(6)9;1-2-4-5-3-1;/h1-9H;8-9H,6-7H2,1-4H3;2*3-5,9H,1-2H3;1-3H,4H2;/q-1;;;;-1;+2/p-2. The molecule has 0 fully saturated rings. The summed E-state index contributed by atoms with van der Waals surface area (Å²) in [6.07, 6.45) is 12.7. The van der Waals surface area contributed by atoms with E-state index in [1.807, 2.05) is 12.2 Å². The third kappa shape index (κ3) is 14.3. The Hall–Kier alpha value is -4.22. The van der Waals surface area contributed by atoms with E-state index in [-0.39, 0.29) is 11.5 Å². The van der Waals surface area contributed by atoms with Crippen LogP contribution in [0.3, 0.4) is 0 Å². The molecular formula is C43H50O6Zr-2. The first kappa shape index (κ1) is 42.0. The fourth-order valence-electron chi connectivity index (χ4n) is 4.95. The van der Waals surface area contributed by atoms with Crippen molar-refractivity contribution in [3.8, 4) is 34.5 Å². The smallest absolute Gasteiger partial charge is 0.114 e. The van der Waals surface area contributed by atoms with Crippen LogP contribution < -0.4 is 29.2 Å². The van der Waals surface area contributed by atoms with Crippen LogP contribution in [-0.4, -0.2) is 31.6 Å². The molecule has 6 nitrogen and oxygen atoms in total. The van der Waals surface area contributed by atoms with Crippen molar-refractivity contribution in [2.45, 2.75) is 47.0 Å². The maximum absolute atomic E-state index is 11.2. The van der Waals surface area contributed by atoms with Crippen molar-refractivity contribution < 1.29 is 53.4 Å². The van der Waals surface area contributed by atoms with Gasteiger partial charge in [-0.1, -0.05) is 48.5 Å². The summed E-state index contributed by atoms with van der Waals surface area (Å²) in [6.45, 7) is 9.18. The molecular weight excluding hydrogens is 704 g/mol. The second-order valence-electron chi connectivity index (χ2n) is 12.1. The number of fused-ring (bicyclic) bond motifs is 3. The largest absolute Gasteiger partial charge is 0.867 e. The monoisotopic (exact) mass is 752 g/mol. The molecule has 1 aliphatic carbocycles. The van der Waals surface area contributed by atoms with Crippen molar-refractivity contribution in [1.82, 2.24) is 0 Å². The molecule has 0 heterocycles. The van der Waals surface area contributed by atoms with Crippen LogP contribution in [-0.2, 0) is 24.2 Å². The molecule has 7 heteroatoms. The van der Waals surface area contributed by atoms with Gasteiger partial charge in [-0.15, -0.1) is 46.2 Å². The second-order valence-corrected chi connectivity index (χ2v) is 13.8. The molecule has 0 aromatic heterocycles. The number of hydrogen-bond donors (Lipinski definition) is 0. The van der Waals surface area contributed by atoms with E-state index in [1.165, 1.54) is 62.8 Å². The topological polar surface area (TPSA) is 83.0 Å². The molecule has 0 aliphatic heterocycles. The van der Waals surface area contributed by atoms with Gasteiger partial charge in [-0.05, 0) is 35.8 Å². The zero-order valence-corrected chi connectivity index (χ0v) is 33.1. The van der Waals surface area contributed by atoms with Gasteiger partial charge in [0, 0.05) is 0 Å². The van der Waals surface area contributed by atoms with Gasteiger partial charge in [-0.25, -0.2) is 12.2 Å². The Labute approximate surface area is 313 Å². The van der Waals surface area contributed by atoms with Crippen LogP contribution in [0.1, 0.15) is 47.0 Å². The van der Waals surface area contributed by atoms with Gasteiger partial charge in [0.1, 0.15) is 23.0 Å². The van der Waals surface area contributed by atoms with Crippen molar-refractivity contribution in [2.75, 3.05) is 28.4 Å². The van der Waals surface area contributed by atoms with E-state index < -0.39 is 0 Å². The summed E-state index contributed by atoms with van der Waals surface area (Å²) in [5, 5.41) is 27.8. The Morgan fingerprint density at radius 2 is 1.02 bits per heavy atom. The first-order valence-corrected chi connectivity index (χ1v) is 17.9. The van der Waals surface area contributed by atoms with Gasteiger partial charge >= 0.3 is 79.8 Å². The number of allylic oxidation sites excluding steroid dienone is 4. The van der Waals surface area contributed by atoms with Crippen LogP contribution in [0.2, 0.25) is 0 Å². The SMILES string of the molecule is CC(C)C[C](=[Zr+2])CC(C)C.COc1cccc(OC)c1[O-].COc1cccc(OC)c1[O-].[C-]1=CC=CC1.c1ccc2c(c1)[cH-]c1ccccc12. The molecule has 0 atom stereocenters. The number of benzene rings is 4. The quantitative estimate of drug-likeness (QED) is 0.147. The van der Waals surface area contributed by atoms with Crippen molar-refractivity contribution in [3.05, 3.63) is 115 Å². The molecule has 0 bridgehead atoms. The number of hydrogen-bond acceptors (Lipinski definition) is 6. The molecule has 5 aromatic carbocycles. The van der Waals surface area contributed by atoms with Crippen LogP contribution >= 0.6 is 0 Å². The predicted molar refractivity (Wildman–Crippen MR) is 201 cm³/mol. The van der Waals surface area contributed by atoms with E-state index in [1.54, 1.807) is 63.8 Å². The van der Waals surface area contributed by atoms with E-state index in [0.29, 0.717) is 23.0 Å². The Morgan fingerprint density at radius 1 is 0.640 bits per heavy atom. The van der Waals surface area contributed by atoms with E-state index in [4.69, 9.17) is 18.9 Å². The fourth-order valence-corrected chi connectivity index (χ4v) is 6.95. The van der Waals surface area contributed by atoms with E-state index in [9.17, 15) is 10.2 Å². The zero-order chi connectivity index (χ0) is 36.9. The molecule has 0 saturated heterocycles. The number of ether oxygens (including phenoxy) is 4. The molecule has 264 valence electrons. The normalized spacial score (nSPS) is 11.0. The molecule has 5 aromatic rings. The first-order valence-electron chi connectivity index (χ1n) is 16.6. The third-order valence-corrected chi connectivity index (χ3v) is 8.19. The molecule has 1 aliphatic rings. The Balaban J connectivity index is 0.000000222. The summed E-state index contributed by atoms with van der Waals surface area (Å²) in [6, 6.07) is 29.1. The Morgan fingerprint density at radius 3 is 1.30 bits per heavy atom. The van der Waals surface area contributed by atoms with Gasteiger partial charge in [0.05, 0.1) is 28.4 Å². The number of para-hydroxylation sites is 2. The fraction of sp³-hybridized carbons (Fsp3) is 0.302. The van der Waals surface area contributed by atoms with Crippen molar-refractivity contribution in [1.29, 1.82) is 0 Å². The van der Waals surface area contributed by atoms with Gasteiger partial charge in [0.15, 0.2) is 0 Å². The van der Waals surface area contributed by atoms with Gasteiger partial charge < -0.3 is 29.2 Å². The van der Waals surface area contributed by atoms with Crippen LogP contribution in [0, 0.1) is 17.9 Å². The minimum Gasteiger partial charge on any atom is -0.867 e. The van der Waals surface area contributed by atoms with Gasteiger partial charge in [-0.2, -0.15) is 6.08 Å². The van der Waals surface area contributed by atoms with E-state index >= 15 is 0 Å². The third-order valence-electron chi connectivity index (χ3n) is 7.18. The minimum absolute atomic E-state index is 0.211. The van der Waals surface area contributed by atoms with E-state index in [2.05, 4.69) is 94.4 Å². The van der Waals surface area contributed by atoms with Crippen LogP contribution in [0.15, 0.2) is 109 Å². The molecule has 0 radical (unpaired) electrons.